The molecule has 7 nitrogen and oxygen atoms in total. The van der Waals surface area contributed by atoms with E-state index in [-0.39, 0.29) is 24.9 Å². The van der Waals surface area contributed by atoms with Crippen molar-refractivity contribution in [3.05, 3.63) is 53.6 Å². The molecule has 2 aromatic carbocycles. The van der Waals surface area contributed by atoms with Crippen LogP contribution in [0.5, 0.6) is 11.5 Å². The quantitative estimate of drug-likeness (QED) is 0.638. The monoisotopic (exact) mass is 446 g/mol. The summed E-state index contributed by atoms with van der Waals surface area (Å²) in [7, 11) is -0.297. The van der Waals surface area contributed by atoms with Crippen LogP contribution < -0.4 is 19.1 Å². The van der Waals surface area contributed by atoms with Crippen molar-refractivity contribution >= 4 is 21.6 Å². The molecule has 0 bridgehead atoms. The van der Waals surface area contributed by atoms with Crippen molar-refractivity contribution in [1.82, 2.24) is 5.32 Å². The minimum absolute atomic E-state index is 0.0217. The Morgan fingerprint density at radius 1 is 1.13 bits per heavy atom. The smallest absolute Gasteiger partial charge is 0.232 e. The second-order valence-corrected chi connectivity index (χ2v) is 9.62. The van der Waals surface area contributed by atoms with E-state index in [4.69, 9.17) is 9.47 Å². The fourth-order valence-electron chi connectivity index (χ4n) is 3.97. The molecule has 168 valence electrons. The minimum atomic E-state index is -3.48. The third-order valence-corrected chi connectivity index (χ3v) is 6.70. The van der Waals surface area contributed by atoms with Crippen LogP contribution in [0.15, 0.2) is 42.5 Å². The van der Waals surface area contributed by atoms with E-state index in [1.807, 2.05) is 18.2 Å². The Kier molecular flexibility index (Phi) is 7.43. The summed E-state index contributed by atoms with van der Waals surface area (Å²) in [5, 5.41) is 3.12. The first-order valence-electron chi connectivity index (χ1n) is 10.4. The predicted octanol–water partition coefficient (Wildman–Crippen LogP) is 3.44. The standard InChI is InChI=1S/C23H30N2O5S/c1-29-19-9-5-8-18(16-19)25(31(3,27)28)14-6-11-23(26)24-22-10-4-7-17-15-20(30-2)12-13-21(17)22/h5,8-9,12-13,15-16,22H,4,6-7,10-11,14H2,1-3H3,(H,24,26)/t22-/m0/s1. The summed E-state index contributed by atoms with van der Waals surface area (Å²) in [5.74, 6) is 1.33. The molecule has 1 N–H and O–H groups in total. The molecule has 0 fully saturated rings. The fourth-order valence-corrected chi connectivity index (χ4v) is 4.93. The molecule has 31 heavy (non-hydrogen) atoms. The Bertz CT molecular complexity index is 1020. The topological polar surface area (TPSA) is 84.9 Å². The first-order chi connectivity index (χ1) is 14.8. The highest BCUT2D eigenvalue weighted by molar-refractivity contribution is 7.92. The van der Waals surface area contributed by atoms with Crippen LogP contribution >= 0.6 is 0 Å². The number of hydrogen-bond donors (Lipinski definition) is 1. The number of rotatable bonds is 9. The number of ether oxygens (including phenoxy) is 2. The van der Waals surface area contributed by atoms with Gasteiger partial charge >= 0.3 is 0 Å². The zero-order valence-corrected chi connectivity index (χ0v) is 19.1. The van der Waals surface area contributed by atoms with E-state index in [9.17, 15) is 13.2 Å². The van der Waals surface area contributed by atoms with Gasteiger partial charge in [0.2, 0.25) is 15.9 Å². The average Bonchev–Trinajstić information content (AvgIpc) is 2.75. The Morgan fingerprint density at radius 2 is 1.87 bits per heavy atom. The number of fused-ring (bicyclic) bond motifs is 1. The van der Waals surface area contributed by atoms with Crippen LogP contribution in [-0.4, -0.2) is 41.3 Å². The van der Waals surface area contributed by atoms with Crippen LogP contribution in [0, 0.1) is 0 Å². The third kappa shape index (κ3) is 5.91. The van der Waals surface area contributed by atoms with Crippen molar-refractivity contribution in [3.63, 3.8) is 0 Å². The molecular formula is C23H30N2O5S. The van der Waals surface area contributed by atoms with Crippen LogP contribution in [0.4, 0.5) is 5.69 Å². The molecule has 0 aromatic heterocycles. The van der Waals surface area contributed by atoms with E-state index in [2.05, 4.69) is 5.32 Å². The maximum atomic E-state index is 12.6. The molecule has 2 aromatic rings. The van der Waals surface area contributed by atoms with Crippen molar-refractivity contribution in [2.75, 3.05) is 31.3 Å². The summed E-state index contributed by atoms with van der Waals surface area (Å²) in [6.07, 6.45) is 4.70. The normalized spacial score (nSPS) is 15.6. The molecule has 0 saturated heterocycles. The summed E-state index contributed by atoms with van der Waals surface area (Å²) in [6, 6.07) is 12.8. The number of aryl methyl sites for hydroxylation is 1. The summed E-state index contributed by atoms with van der Waals surface area (Å²) < 4.78 is 36.4. The lowest BCUT2D eigenvalue weighted by Crippen LogP contribution is -2.33. The Balaban J connectivity index is 1.60. The van der Waals surface area contributed by atoms with Crippen molar-refractivity contribution in [2.24, 2.45) is 0 Å². The van der Waals surface area contributed by atoms with Gasteiger partial charge in [0.15, 0.2) is 0 Å². The molecule has 0 spiro atoms. The number of nitrogens with zero attached hydrogens (tertiary/aromatic N) is 1. The zero-order valence-electron chi connectivity index (χ0n) is 18.3. The highest BCUT2D eigenvalue weighted by Crippen LogP contribution is 2.32. The van der Waals surface area contributed by atoms with Crippen molar-refractivity contribution in [1.29, 1.82) is 0 Å². The molecule has 1 aliphatic carbocycles. The molecule has 0 saturated carbocycles. The van der Waals surface area contributed by atoms with Gasteiger partial charge in [0, 0.05) is 19.0 Å². The predicted molar refractivity (Wildman–Crippen MR) is 121 cm³/mol. The molecular weight excluding hydrogens is 416 g/mol. The van der Waals surface area contributed by atoms with Gasteiger partial charge in [-0.1, -0.05) is 12.1 Å². The number of sulfonamides is 1. The average molecular weight is 447 g/mol. The van der Waals surface area contributed by atoms with E-state index in [1.54, 1.807) is 31.4 Å². The third-order valence-electron chi connectivity index (χ3n) is 5.51. The Hall–Kier alpha value is -2.74. The van der Waals surface area contributed by atoms with E-state index >= 15 is 0 Å². The number of methoxy groups -OCH3 is 2. The number of amides is 1. The van der Waals surface area contributed by atoms with E-state index in [1.165, 1.54) is 23.2 Å². The lowest BCUT2D eigenvalue weighted by atomic mass is 9.87. The van der Waals surface area contributed by atoms with Gasteiger partial charge in [0.1, 0.15) is 11.5 Å². The largest absolute Gasteiger partial charge is 0.497 e. The van der Waals surface area contributed by atoms with Gasteiger partial charge in [-0.3, -0.25) is 9.10 Å². The molecule has 8 heteroatoms. The van der Waals surface area contributed by atoms with Crippen LogP contribution in [-0.2, 0) is 21.2 Å². The van der Waals surface area contributed by atoms with E-state index in [0.717, 1.165) is 30.6 Å². The van der Waals surface area contributed by atoms with Gasteiger partial charge < -0.3 is 14.8 Å². The molecule has 0 unspecified atom stereocenters. The summed E-state index contributed by atoms with van der Waals surface area (Å²) >= 11 is 0. The maximum Gasteiger partial charge on any atom is 0.232 e. The number of nitrogens with one attached hydrogen (secondary N) is 1. The number of anilines is 1. The second kappa shape index (κ2) is 10.0. The van der Waals surface area contributed by atoms with Gasteiger partial charge in [-0.05, 0) is 61.1 Å². The zero-order chi connectivity index (χ0) is 22.4. The number of carbonyl (C=O) groups is 1. The molecule has 0 radical (unpaired) electrons. The van der Waals surface area contributed by atoms with Crippen LogP contribution in [0.25, 0.3) is 0 Å². The van der Waals surface area contributed by atoms with Crippen LogP contribution in [0.3, 0.4) is 0 Å². The summed E-state index contributed by atoms with van der Waals surface area (Å²) in [6.45, 7) is 0.220. The summed E-state index contributed by atoms with van der Waals surface area (Å²) in [4.78, 5) is 12.6. The van der Waals surface area contributed by atoms with Gasteiger partial charge in [0.25, 0.3) is 0 Å². The van der Waals surface area contributed by atoms with E-state index < -0.39 is 10.0 Å². The SMILES string of the molecule is COc1cccc(N(CCCC(=O)N[C@H]2CCCc3cc(OC)ccc32)S(C)(=O)=O)c1. The van der Waals surface area contributed by atoms with Gasteiger partial charge in [-0.2, -0.15) is 0 Å². The highest BCUT2D eigenvalue weighted by Gasteiger charge is 2.23. The highest BCUT2D eigenvalue weighted by atomic mass is 32.2. The summed E-state index contributed by atoms with van der Waals surface area (Å²) in [5.41, 5.74) is 2.86. The molecule has 0 aliphatic heterocycles. The van der Waals surface area contributed by atoms with Gasteiger partial charge in [-0.25, -0.2) is 8.42 Å². The number of hydrogen-bond acceptors (Lipinski definition) is 5. The maximum absolute atomic E-state index is 12.6. The molecule has 3 rings (SSSR count). The first-order valence-corrected chi connectivity index (χ1v) is 12.2. The van der Waals surface area contributed by atoms with E-state index in [0.29, 0.717) is 17.9 Å². The molecule has 1 amide bonds. The van der Waals surface area contributed by atoms with Gasteiger partial charge in [-0.15, -0.1) is 0 Å². The number of benzene rings is 2. The Labute approximate surface area is 184 Å². The second-order valence-electron chi connectivity index (χ2n) is 7.72. The molecule has 0 heterocycles. The molecule has 1 atom stereocenters. The van der Waals surface area contributed by atoms with Crippen molar-refractivity contribution in [3.8, 4) is 11.5 Å². The van der Waals surface area contributed by atoms with Crippen molar-refractivity contribution in [2.45, 2.75) is 38.1 Å². The minimum Gasteiger partial charge on any atom is -0.497 e. The lowest BCUT2D eigenvalue weighted by Gasteiger charge is -2.27. The van der Waals surface area contributed by atoms with Crippen molar-refractivity contribution < 1.29 is 22.7 Å². The fraction of sp³-hybridized carbons (Fsp3) is 0.435. The van der Waals surface area contributed by atoms with Gasteiger partial charge in [0.05, 0.1) is 32.2 Å². The van der Waals surface area contributed by atoms with Crippen LogP contribution in [0.1, 0.15) is 42.9 Å². The number of carbonyl (C=O) groups excluding carboxylic acids is 1. The first kappa shape index (κ1) is 22.9. The molecule has 1 aliphatic rings. The van der Waals surface area contributed by atoms with Crippen LogP contribution in [0.2, 0.25) is 0 Å². The Morgan fingerprint density at radius 3 is 2.58 bits per heavy atom. The lowest BCUT2D eigenvalue weighted by molar-refractivity contribution is -0.122.